The highest BCUT2D eigenvalue weighted by Crippen LogP contribution is 2.31. The number of hydrogen-bond acceptors (Lipinski definition) is 4. The Bertz CT molecular complexity index is 537. The van der Waals surface area contributed by atoms with Crippen LogP contribution in [0.2, 0.25) is 0 Å². The number of halogens is 1. The fourth-order valence-electron chi connectivity index (χ4n) is 1.68. The molecule has 0 aliphatic rings. The molecule has 0 amide bonds. The molecular weight excluding hydrogens is 223 g/mol. The lowest BCUT2D eigenvalue weighted by molar-refractivity contribution is 0.410. The molecule has 2 N–H and O–H groups in total. The lowest BCUT2D eigenvalue weighted by Gasteiger charge is -2.04. The normalized spacial score (nSPS) is 10.5. The summed E-state index contributed by atoms with van der Waals surface area (Å²) in [5.41, 5.74) is 6.70. The first kappa shape index (κ1) is 11.4. The summed E-state index contributed by atoms with van der Waals surface area (Å²) in [6, 6.07) is 4.55. The maximum atomic E-state index is 13.8. The monoisotopic (exact) mass is 236 g/mol. The number of hydrogen-bond donors (Lipinski definition) is 1. The van der Waals surface area contributed by atoms with Crippen LogP contribution < -0.4 is 10.5 Å². The van der Waals surface area contributed by atoms with Gasteiger partial charge in [0.2, 0.25) is 0 Å². The first-order valence-corrected chi connectivity index (χ1v) is 5.25. The van der Waals surface area contributed by atoms with Crippen molar-refractivity contribution >= 4 is 5.82 Å². The number of ether oxygens (including phenoxy) is 1. The molecule has 90 valence electrons. The second kappa shape index (κ2) is 4.45. The first-order chi connectivity index (χ1) is 8.17. The number of methoxy groups -OCH3 is 1. The van der Waals surface area contributed by atoms with Gasteiger partial charge < -0.3 is 15.0 Å². The van der Waals surface area contributed by atoms with Crippen LogP contribution in [0.5, 0.6) is 5.75 Å². The predicted octanol–water partition coefficient (Wildman–Crippen LogP) is 2.63. The highest BCUT2D eigenvalue weighted by Gasteiger charge is 2.17. The average Bonchev–Trinajstić information content (AvgIpc) is 2.70. The standard InChI is InChI=1S/C12H13FN2O2/c1-3-8-11(17-15-12(8)14)9-5-4-7(16-2)6-10(9)13/h4-6H,3H2,1-2H3,(H2,14,15). The van der Waals surface area contributed by atoms with Crippen LogP contribution in [0.1, 0.15) is 12.5 Å². The molecule has 4 nitrogen and oxygen atoms in total. The van der Waals surface area contributed by atoms with Crippen LogP contribution in [0.3, 0.4) is 0 Å². The zero-order chi connectivity index (χ0) is 12.4. The molecule has 0 spiro atoms. The topological polar surface area (TPSA) is 61.3 Å². The van der Waals surface area contributed by atoms with Crippen LogP contribution in [0.25, 0.3) is 11.3 Å². The molecule has 17 heavy (non-hydrogen) atoms. The minimum atomic E-state index is -0.421. The van der Waals surface area contributed by atoms with Crippen LogP contribution in [0.15, 0.2) is 22.7 Å². The zero-order valence-electron chi connectivity index (χ0n) is 9.66. The van der Waals surface area contributed by atoms with Gasteiger partial charge in [0.05, 0.1) is 12.7 Å². The van der Waals surface area contributed by atoms with Gasteiger partial charge in [-0.05, 0) is 18.6 Å². The van der Waals surface area contributed by atoms with E-state index < -0.39 is 5.82 Å². The molecular formula is C12H13FN2O2. The SMILES string of the molecule is CCc1c(N)noc1-c1ccc(OC)cc1F. The van der Waals surface area contributed by atoms with E-state index in [4.69, 9.17) is 15.0 Å². The van der Waals surface area contributed by atoms with E-state index in [9.17, 15) is 4.39 Å². The van der Waals surface area contributed by atoms with Gasteiger partial charge in [0.15, 0.2) is 11.6 Å². The van der Waals surface area contributed by atoms with E-state index in [1.165, 1.54) is 13.2 Å². The highest BCUT2D eigenvalue weighted by atomic mass is 19.1. The number of nitrogen functional groups attached to an aromatic ring is 1. The maximum Gasteiger partial charge on any atom is 0.175 e. The number of aromatic nitrogens is 1. The molecule has 2 rings (SSSR count). The first-order valence-electron chi connectivity index (χ1n) is 5.25. The van der Waals surface area contributed by atoms with Gasteiger partial charge in [-0.1, -0.05) is 12.1 Å². The molecule has 1 aromatic heterocycles. The van der Waals surface area contributed by atoms with Gasteiger partial charge in [0.25, 0.3) is 0 Å². The van der Waals surface area contributed by atoms with E-state index in [1.807, 2.05) is 6.92 Å². The molecule has 0 aliphatic heterocycles. The maximum absolute atomic E-state index is 13.8. The van der Waals surface area contributed by atoms with Gasteiger partial charge in [-0.25, -0.2) is 4.39 Å². The third-order valence-corrected chi connectivity index (χ3v) is 2.59. The van der Waals surface area contributed by atoms with Crippen molar-refractivity contribution < 1.29 is 13.7 Å². The summed E-state index contributed by atoms with van der Waals surface area (Å²) >= 11 is 0. The molecule has 0 bridgehead atoms. The molecule has 0 atom stereocenters. The van der Waals surface area contributed by atoms with Crippen LogP contribution >= 0.6 is 0 Å². The Kier molecular flexibility index (Phi) is 2.99. The van der Waals surface area contributed by atoms with Gasteiger partial charge in [0.1, 0.15) is 11.6 Å². The molecule has 5 heteroatoms. The molecule has 0 fully saturated rings. The minimum Gasteiger partial charge on any atom is -0.497 e. The Morgan fingerprint density at radius 1 is 1.47 bits per heavy atom. The van der Waals surface area contributed by atoms with Gasteiger partial charge >= 0.3 is 0 Å². The van der Waals surface area contributed by atoms with Crippen molar-refractivity contribution in [1.82, 2.24) is 5.16 Å². The zero-order valence-corrected chi connectivity index (χ0v) is 9.66. The minimum absolute atomic E-state index is 0.303. The van der Waals surface area contributed by atoms with Crippen LogP contribution in [-0.2, 0) is 6.42 Å². The summed E-state index contributed by atoms with van der Waals surface area (Å²) in [6.45, 7) is 1.91. The fraction of sp³-hybridized carbons (Fsp3) is 0.250. The second-order valence-electron chi connectivity index (χ2n) is 3.57. The van der Waals surface area contributed by atoms with E-state index in [-0.39, 0.29) is 0 Å². The van der Waals surface area contributed by atoms with E-state index in [0.717, 1.165) is 0 Å². The van der Waals surface area contributed by atoms with Crippen molar-refractivity contribution in [1.29, 1.82) is 0 Å². The van der Waals surface area contributed by atoms with Crippen molar-refractivity contribution in [3.8, 4) is 17.1 Å². The molecule has 2 aromatic rings. The summed E-state index contributed by atoms with van der Waals surface area (Å²) in [5, 5.41) is 3.65. The number of nitrogens with two attached hydrogens (primary N) is 1. The lowest BCUT2D eigenvalue weighted by atomic mass is 10.1. The highest BCUT2D eigenvalue weighted by molar-refractivity contribution is 5.67. The largest absolute Gasteiger partial charge is 0.497 e. The molecule has 0 saturated heterocycles. The summed E-state index contributed by atoms with van der Waals surface area (Å²) < 4.78 is 23.8. The van der Waals surface area contributed by atoms with Crippen molar-refractivity contribution in [2.45, 2.75) is 13.3 Å². The fourth-order valence-corrected chi connectivity index (χ4v) is 1.68. The van der Waals surface area contributed by atoms with Crippen LogP contribution in [0.4, 0.5) is 10.2 Å². The Morgan fingerprint density at radius 2 is 2.24 bits per heavy atom. The molecule has 0 saturated carbocycles. The summed E-state index contributed by atoms with van der Waals surface area (Å²) in [5.74, 6) is 0.717. The van der Waals surface area contributed by atoms with Crippen molar-refractivity contribution in [3.05, 3.63) is 29.6 Å². The van der Waals surface area contributed by atoms with Gasteiger partial charge in [-0.2, -0.15) is 0 Å². The predicted molar refractivity (Wildman–Crippen MR) is 62.2 cm³/mol. The third-order valence-electron chi connectivity index (χ3n) is 2.59. The summed E-state index contributed by atoms with van der Waals surface area (Å²) in [6.07, 6.45) is 0.635. The Hall–Kier alpha value is -2.04. The Morgan fingerprint density at radius 3 is 2.82 bits per heavy atom. The van der Waals surface area contributed by atoms with E-state index >= 15 is 0 Å². The van der Waals surface area contributed by atoms with Gasteiger partial charge in [-0.3, -0.25) is 0 Å². The number of nitrogens with zero attached hydrogens (tertiary/aromatic N) is 1. The summed E-state index contributed by atoms with van der Waals surface area (Å²) in [7, 11) is 1.48. The molecule has 0 aliphatic carbocycles. The third kappa shape index (κ3) is 1.95. The summed E-state index contributed by atoms with van der Waals surface area (Å²) in [4.78, 5) is 0. The quantitative estimate of drug-likeness (QED) is 0.889. The molecule has 1 aromatic carbocycles. The second-order valence-corrected chi connectivity index (χ2v) is 3.57. The van der Waals surface area contributed by atoms with Crippen molar-refractivity contribution in [2.24, 2.45) is 0 Å². The Balaban J connectivity index is 2.53. The van der Waals surface area contributed by atoms with E-state index in [0.29, 0.717) is 34.9 Å². The van der Waals surface area contributed by atoms with E-state index in [2.05, 4.69) is 5.16 Å². The van der Waals surface area contributed by atoms with Crippen LogP contribution in [0, 0.1) is 5.82 Å². The van der Waals surface area contributed by atoms with Gasteiger partial charge in [0, 0.05) is 11.6 Å². The van der Waals surface area contributed by atoms with Crippen molar-refractivity contribution in [3.63, 3.8) is 0 Å². The molecule has 1 heterocycles. The molecule has 0 unspecified atom stereocenters. The molecule has 0 radical (unpaired) electrons. The Labute approximate surface area is 98.2 Å². The smallest absolute Gasteiger partial charge is 0.175 e. The lowest BCUT2D eigenvalue weighted by Crippen LogP contribution is -1.92. The van der Waals surface area contributed by atoms with Gasteiger partial charge in [-0.15, -0.1) is 0 Å². The average molecular weight is 236 g/mol. The number of anilines is 1. The van der Waals surface area contributed by atoms with Crippen LogP contribution in [-0.4, -0.2) is 12.3 Å². The number of benzene rings is 1. The van der Waals surface area contributed by atoms with Crippen molar-refractivity contribution in [2.75, 3.05) is 12.8 Å². The number of rotatable bonds is 3. The van der Waals surface area contributed by atoms with E-state index in [1.54, 1.807) is 12.1 Å².